The Morgan fingerprint density at radius 3 is 2.53 bits per heavy atom. The molecule has 0 fully saturated rings. The molecule has 0 radical (unpaired) electrons. The molecule has 0 saturated carbocycles. The third kappa shape index (κ3) is 5.76. The van der Waals surface area contributed by atoms with Crippen molar-refractivity contribution in [1.29, 1.82) is 0 Å². The second-order valence-corrected chi connectivity index (χ2v) is 7.89. The van der Waals surface area contributed by atoms with Crippen LogP contribution in [0.4, 0.5) is 0 Å². The summed E-state index contributed by atoms with van der Waals surface area (Å²) in [6.07, 6.45) is 0.712. The van der Waals surface area contributed by atoms with Crippen LogP contribution in [-0.4, -0.2) is 35.2 Å². The van der Waals surface area contributed by atoms with Crippen molar-refractivity contribution >= 4 is 28.7 Å². The summed E-state index contributed by atoms with van der Waals surface area (Å²) >= 11 is 1.31. The lowest BCUT2D eigenvalue weighted by molar-refractivity contribution is -0.129. The smallest absolute Gasteiger partial charge is 0.241 e. The number of thioether (sulfide) groups is 1. The lowest BCUT2D eigenvalue weighted by Crippen LogP contribution is -2.25. The lowest BCUT2D eigenvalue weighted by Gasteiger charge is -2.22. The number of carbonyl (C=O) groups excluding carboxylic acids is 2. The van der Waals surface area contributed by atoms with Gasteiger partial charge in [0.1, 0.15) is 16.9 Å². The summed E-state index contributed by atoms with van der Waals surface area (Å²) in [5, 5.41) is 8.28. The average Bonchev–Trinajstić information content (AvgIpc) is 3.12. The number of para-hydroxylation sites is 1. The Kier molecular flexibility index (Phi) is 7.35. The van der Waals surface area contributed by atoms with Crippen LogP contribution in [0.25, 0.3) is 0 Å². The molecule has 1 N–H and O–H groups in total. The van der Waals surface area contributed by atoms with Crippen molar-refractivity contribution in [3.05, 3.63) is 59.7 Å². The van der Waals surface area contributed by atoms with E-state index < -0.39 is 5.37 Å². The van der Waals surface area contributed by atoms with Crippen molar-refractivity contribution in [1.82, 2.24) is 10.3 Å². The highest BCUT2D eigenvalue weighted by molar-refractivity contribution is 8.14. The highest BCUT2D eigenvalue weighted by atomic mass is 32.2. The van der Waals surface area contributed by atoms with E-state index in [0.717, 1.165) is 16.9 Å². The molecule has 0 saturated heterocycles. The van der Waals surface area contributed by atoms with E-state index in [2.05, 4.69) is 10.4 Å². The number of hydrogen-bond acceptors (Lipinski definition) is 6. The molecule has 2 amide bonds. The van der Waals surface area contributed by atoms with Gasteiger partial charge in [-0.1, -0.05) is 41.6 Å². The van der Waals surface area contributed by atoms with Crippen LogP contribution in [0.3, 0.4) is 0 Å². The van der Waals surface area contributed by atoms with Gasteiger partial charge in [0.15, 0.2) is 5.17 Å². The summed E-state index contributed by atoms with van der Waals surface area (Å²) in [4.78, 5) is 23.5. The standard InChI is InChI=1S/C22H25N3O4S/c1-15-10-11-20(29-13-7-12-28-18-8-5-4-6-9-18)19(14-15)21-25(17(3)27)24-22(30-21)23-16(2)26/h4-6,8-11,14,21H,7,12-13H2,1-3H3,(H,23,24,26)/t21-/m0/s1. The molecular formula is C22H25N3O4S. The van der Waals surface area contributed by atoms with Gasteiger partial charge in [0.05, 0.1) is 13.2 Å². The Morgan fingerprint density at radius 2 is 1.83 bits per heavy atom. The largest absolute Gasteiger partial charge is 0.493 e. The topological polar surface area (TPSA) is 80.2 Å². The van der Waals surface area contributed by atoms with E-state index in [-0.39, 0.29) is 11.8 Å². The molecule has 1 atom stereocenters. The van der Waals surface area contributed by atoms with Crippen LogP contribution in [0.5, 0.6) is 11.5 Å². The zero-order chi connectivity index (χ0) is 21.5. The Labute approximate surface area is 180 Å². The van der Waals surface area contributed by atoms with Crippen LogP contribution < -0.4 is 14.8 Å². The molecule has 0 bridgehead atoms. The van der Waals surface area contributed by atoms with Crippen molar-refractivity contribution in [3.63, 3.8) is 0 Å². The van der Waals surface area contributed by atoms with E-state index in [4.69, 9.17) is 9.47 Å². The predicted molar refractivity (Wildman–Crippen MR) is 117 cm³/mol. The average molecular weight is 428 g/mol. The van der Waals surface area contributed by atoms with Gasteiger partial charge in [-0.3, -0.25) is 9.59 Å². The molecule has 0 aromatic heterocycles. The number of ether oxygens (including phenoxy) is 2. The van der Waals surface area contributed by atoms with Crippen molar-refractivity contribution < 1.29 is 19.1 Å². The number of amidine groups is 1. The van der Waals surface area contributed by atoms with Gasteiger partial charge < -0.3 is 14.8 Å². The Hall–Kier alpha value is -3.00. The molecule has 0 unspecified atom stereocenters. The van der Waals surface area contributed by atoms with Gasteiger partial charge in [-0.05, 0) is 31.2 Å². The molecule has 0 spiro atoms. The molecular weight excluding hydrogens is 402 g/mol. The number of aryl methyl sites for hydroxylation is 1. The summed E-state index contributed by atoms with van der Waals surface area (Å²) in [6.45, 7) is 5.85. The number of benzene rings is 2. The summed E-state index contributed by atoms with van der Waals surface area (Å²) in [6, 6.07) is 15.5. The van der Waals surface area contributed by atoms with E-state index in [1.807, 2.05) is 55.5 Å². The maximum absolute atomic E-state index is 12.1. The highest BCUT2D eigenvalue weighted by Crippen LogP contribution is 2.42. The Balaban J connectivity index is 1.66. The first-order chi connectivity index (χ1) is 14.4. The SMILES string of the molecule is CC(=O)NC1=NN(C(C)=O)[C@H](c2cc(C)ccc2OCCCOc2ccccc2)S1. The summed E-state index contributed by atoms with van der Waals surface area (Å²) in [5.41, 5.74) is 1.88. The summed E-state index contributed by atoms with van der Waals surface area (Å²) in [5.74, 6) is 1.07. The first kappa shape index (κ1) is 21.7. The zero-order valence-electron chi connectivity index (χ0n) is 17.3. The number of carbonyl (C=O) groups is 2. The second-order valence-electron chi connectivity index (χ2n) is 6.82. The number of rotatable bonds is 7. The predicted octanol–water partition coefficient (Wildman–Crippen LogP) is 3.84. The van der Waals surface area contributed by atoms with Gasteiger partial charge in [0.2, 0.25) is 11.8 Å². The normalized spacial score (nSPS) is 15.5. The minimum Gasteiger partial charge on any atom is -0.493 e. The molecule has 2 aromatic carbocycles. The fraction of sp³-hybridized carbons (Fsp3) is 0.318. The molecule has 1 aliphatic rings. The van der Waals surface area contributed by atoms with Crippen molar-refractivity contribution in [2.45, 2.75) is 32.6 Å². The number of hydrazone groups is 1. The maximum Gasteiger partial charge on any atom is 0.241 e. The molecule has 7 nitrogen and oxygen atoms in total. The molecule has 0 aliphatic carbocycles. The van der Waals surface area contributed by atoms with Gasteiger partial charge >= 0.3 is 0 Å². The Morgan fingerprint density at radius 1 is 1.10 bits per heavy atom. The fourth-order valence-electron chi connectivity index (χ4n) is 2.91. The van der Waals surface area contributed by atoms with Gasteiger partial charge in [-0.2, -0.15) is 0 Å². The van der Waals surface area contributed by atoms with E-state index in [1.54, 1.807) is 0 Å². The molecule has 30 heavy (non-hydrogen) atoms. The van der Waals surface area contributed by atoms with Crippen LogP contribution >= 0.6 is 11.8 Å². The maximum atomic E-state index is 12.1. The van der Waals surface area contributed by atoms with Crippen molar-refractivity contribution in [2.24, 2.45) is 5.10 Å². The Bertz CT molecular complexity index is 933. The number of amides is 2. The van der Waals surface area contributed by atoms with E-state index in [1.165, 1.54) is 30.6 Å². The van der Waals surface area contributed by atoms with Gasteiger partial charge in [-0.25, -0.2) is 5.01 Å². The van der Waals surface area contributed by atoms with Crippen LogP contribution in [0, 0.1) is 6.92 Å². The third-order valence-electron chi connectivity index (χ3n) is 4.24. The van der Waals surface area contributed by atoms with Crippen LogP contribution in [0.1, 0.15) is 36.8 Å². The number of hydrogen-bond donors (Lipinski definition) is 1. The van der Waals surface area contributed by atoms with E-state index in [9.17, 15) is 9.59 Å². The van der Waals surface area contributed by atoms with Crippen LogP contribution in [-0.2, 0) is 9.59 Å². The monoisotopic (exact) mass is 427 g/mol. The van der Waals surface area contributed by atoms with E-state index >= 15 is 0 Å². The van der Waals surface area contributed by atoms with E-state index in [0.29, 0.717) is 30.6 Å². The molecule has 3 rings (SSSR count). The molecule has 158 valence electrons. The van der Waals surface area contributed by atoms with Gasteiger partial charge in [0, 0.05) is 25.8 Å². The molecule has 8 heteroatoms. The van der Waals surface area contributed by atoms with Crippen molar-refractivity contribution in [2.75, 3.05) is 13.2 Å². The lowest BCUT2D eigenvalue weighted by atomic mass is 10.1. The summed E-state index contributed by atoms with van der Waals surface area (Å²) < 4.78 is 11.7. The van der Waals surface area contributed by atoms with Gasteiger partial charge in [-0.15, -0.1) is 5.10 Å². The number of nitrogens with one attached hydrogen (secondary N) is 1. The van der Waals surface area contributed by atoms with Crippen LogP contribution in [0.15, 0.2) is 53.6 Å². The van der Waals surface area contributed by atoms with Crippen molar-refractivity contribution in [3.8, 4) is 11.5 Å². The number of nitrogens with zero attached hydrogens (tertiary/aromatic N) is 2. The summed E-state index contributed by atoms with van der Waals surface area (Å²) in [7, 11) is 0. The second kappa shape index (κ2) is 10.2. The molecule has 2 aromatic rings. The minimum atomic E-state index is -0.403. The first-order valence-corrected chi connectivity index (χ1v) is 10.6. The zero-order valence-corrected chi connectivity index (χ0v) is 18.1. The van der Waals surface area contributed by atoms with Gasteiger partial charge in [0.25, 0.3) is 0 Å². The molecule has 1 aliphatic heterocycles. The minimum absolute atomic E-state index is 0.212. The molecule has 1 heterocycles. The fourth-order valence-corrected chi connectivity index (χ4v) is 4.06. The van der Waals surface area contributed by atoms with Crippen LogP contribution in [0.2, 0.25) is 0 Å². The quantitative estimate of drug-likeness (QED) is 0.679. The highest BCUT2D eigenvalue weighted by Gasteiger charge is 2.34. The third-order valence-corrected chi connectivity index (χ3v) is 5.32. The first-order valence-electron chi connectivity index (χ1n) is 9.68.